The van der Waals surface area contributed by atoms with Crippen molar-refractivity contribution in [3.8, 4) is 17.2 Å². The van der Waals surface area contributed by atoms with Crippen LogP contribution in [0.5, 0.6) is 5.75 Å². The summed E-state index contributed by atoms with van der Waals surface area (Å²) in [4.78, 5) is 4.36. The van der Waals surface area contributed by atoms with E-state index in [0.29, 0.717) is 17.6 Å². The Bertz CT molecular complexity index is 515. The van der Waals surface area contributed by atoms with Crippen LogP contribution < -0.4 is 0 Å². The van der Waals surface area contributed by atoms with Crippen LogP contribution in [0, 0.1) is 5.92 Å². The first-order chi connectivity index (χ1) is 8.81. The summed E-state index contributed by atoms with van der Waals surface area (Å²) < 4.78 is 10.5. The Morgan fingerprint density at radius 1 is 1.28 bits per heavy atom. The van der Waals surface area contributed by atoms with Gasteiger partial charge in [-0.3, -0.25) is 0 Å². The van der Waals surface area contributed by atoms with E-state index in [9.17, 15) is 5.11 Å². The third kappa shape index (κ3) is 2.36. The van der Waals surface area contributed by atoms with E-state index in [4.69, 9.17) is 9.26 Å². The van der Waals surface area contributed by atoms with Crippen molar-refractivity contribution in [1.29, 1.82) is 0 Å². The summed E-state index contributed by atoms with van der Waals surface area (Å²) in [5.74, 6) is 1.93. The smallest absolute Gasteiger partial charge is 0.257 e. The van der Waals surface area contributed by atoms with Gasteiger partial charge in [0.2, 0.25) is 0 Å². The Balaban J connectivity index is 1.74. The number of hydrogen-bond donors (Lipinski definition) is 1. The Hall–Kier alpha value is -1.88. The molecule has 1 aromatic heterocycles. The van der Waals surface area contributed by atoms with Crippen molar-refractivity contribution in [2.75, 3.05) is 13.2 Å². The highest BCUT2D eigenvalue weighted by Gasteiger charge is 2.19. The minimum Gasteiger partial charge on any atom is -0.508 e. The second-order valence-corrected chi connectivity index (χ2v) is 4.50. The zero-order valence-electron chi connectivity index (χ0n) is 9.87. The second-order valence-electron chi connectivity index (χ2n) is 4.50. The first-order valence-corrected chi connectivity index (χ1v) is 6.01. The van der Waals surface area contributed by atoms with E-state index in [1.54, 1.807) is 24.3 Å². The third-order valence-corrected chi connectivity index (χ3v) is 3.08. The standard InChI is InChI=1S/C13H14N2O3/c16-11-3-1-10(2-4-11)13-14-12(15-18-13)7-9-5-6-17-8-9/h1-4,9,16H,5-8H2. The number of aromatic nitrogens is 2. The zero-order valence-corrected chi connectivity index (χ0v) is 9.87. The monoisotopic (exact) mass is 246 g/mol. The van der Waals surface area contributed by atoms with Gasteiger partial charge in [0.1, 0.15) is 5.75 Å². The number of aromatic hydroxyl groups is 1. The summed E-state index contributed by atoms with van der Waals surface area (Å²) in [5, 5.41) is 13.2. The van der Waals surface area contributed by atoms with Crippen LogP contribution in [0.15, 0.2) is 28.8 Å². The molecule has 1 atom stereocenters. The van der Waals surface area contributed by atoms with Gasteiger partial charge in [0, 0.05) is 25.2 Å². The van der Waals surface area contributed by atoms with E-state index in [1.807, 2.05) is 0 Å². The normalized spacial score (nSPS) is 19.2. The van der Waals surface area contributed by atoms with Crippen LogP contribution >= 0.6 is 0 Å². The van der Waals surface area contributed by atoms with Crippen LogP contribution in [0.2, 0.25) is 0 Å². The van der Waals surface area contributed by atoms with Gasteiger partial charge >= 0.3 is 0 Å². The molecule has 1 fully saturated rings. The molecule has 1 N–H and O–H groups in total. The summed E-state index contributed by atoms with van der Waals surface area (Å²) in [7, 11) is 0. The third-order valence-electron chi connectivity index (χ3n) is 3.08. The Labute approximate surface area is 104 Å². The maximum atomic E-state index is 9.22. The van der Waals surface area contributed by atoms with Crippen LogP contribution in [0.4, 0.5) is 0 Å². The number of benzene rings is 1. The average Bonchev–Trinajstić information content (AvgIpc) is 3.02. The number of phenolic OH excluding ortho intramolecular Hbond substituents is 1. The van der Waals surface area contributed by atoms with Gasteiger partial charge in [-0.2, -0.15) is 4.98 Å². The van der Waals surface area contributed by atoms with Crippen molar-refractivity contribution in [1.82, 2.24) is 10.1 Å². The van der Waals surface area contributed by atoms with Gasteiger partial charge in [-0.1, -0.05) is 5.16 Å². The minimum absolute atomic E-state index is 0.224. The molecule has 5 nitrogen and oxygen atoms in total. The highest BCUT2D eigenvalue weighted by molar-refractivity contribution is 5.53. The van der Waals surface area contributed by atoms with Crippen molar-refractivity contribution in [2.45, 2.75) is 12.8 Å². The maximum Gasteiger partial charge on any atom is 0.257 e. The van der Waals surface area contributed by atoms with Crippen LogP contribution in [-0.2, 0) is 11.2 Å². The molecule has 2 heterocycles. The summed E-state index contributed by atoms with van der Waals surface area (Å²) in [5.41, 5.74) is 0.814. The lowest BCUT2D eigenvalue weighted by Crippen LogP contribution is -2.04. The highest BCUT2D eigenvalue weighted by Crippen LogP contribution is 2.22. The van der Waals surface area contributed by atoms with E-state index >= 15 is 0 Å². The Kier molecular flexibility index (Phi) is 2.98. The Morgan fingerprint density at radius 2 is 2.11 bits per heavy atom. The van der Waals surface area contributed by atoms with Crippen molar-refractivity contribution < 1.29 is 14.4 Å². The molecule has 1 aliphatic rings. The molecule has 18 heavy (non-hydrogen) atoms. The largest absolute Gasteiger partial charge is 0.508 e. The second kappa shape index (κ2) is 4.78. The number of rotatable bonds is 3. The molecule has 0 saturated carbocycles. The lowest BCUT2D eigenvalue weighted by Gasteiger charge is -2.00. The number of ether oxygens (including phenoxy) is 1. The van der Waals surface area contributed by atoms with E-state index < -0.39 is 0 Å². The lowest BCUT2D eigenvalue weighted by molar-refractivity contribution is 0.185. The van der Waals surface area contributed by atoms with Crippen LogP contribution in [-0.4, -0.2) is 28.5 Å². The zero-order chi connectivity index (χ0) is 12.4. The van der Waals surface area contributed by atoms with E-state index in [-0.39, 0.29) is 5.75 Å². The van der Waals surface area contributed by atoms with Crippen LogP contribution in [0.25, 0.3) is 11.5 Å². The summed E-state index contributed by atoms with van der Waals surface area (Å²) in [6.07, 6.45) is 1.85. The fourth-order valence-corrected chi connectivity index (χ4v) is 2.06. The fraction of sp³-hybridized carbons (Fsp3) is 0.385. The maximum absolute atomic E-state index is 9.22. The summed E-state index contributed by atoms with van der Waals surface area (Å²) in [6.45, 7) is 1.61. The lowest BCUT2D eigenvalue weighted by atomic mass is 10.1. The summed E-state index contributed by atoms with van der Waals surface area (Å²) >= 11 is 0. The van der Waals surface area contributed by atoms with Gasteiger partial charge < -0.3 is 14.4 Å². The van der Waals surface area contributed by atoms with Gasteiger partial charge in [0.25, 0.3) is 5.89 Å². The molecule has 5 heteroatoms. The molecule has 0 amide bonds. The van der Waals surface area contributed by atoms with Gasteiger partial charge in [-0.25, -0.2) is 0 Å². The number of phenols is 1. The van der Waals surface area contributed by atoms with Crippen molar-refractivity contribution in [2.24, 2.45) is 5.92 Å². The Morgan fingerprint density at radius 3 is 2.83 bits per heavy atom. The molecule has 1 unspecified atom stereocenters. The number of hydrogen-bond acceptors (Lipinski definition) is 5. The quantitative estimate of drug-likeness (QED) is 0.897. The molecule has 0 spiro atoms. The predicted octanol–water partition coefficient (Wildman–Crippen LogP) is 2.02. The number of nitrogens with zero attached hydrogens (tertiary/aromatic N) is 2. The SMILES string of the molecule is Oc1ccc(-c2nc(CC3CCOC3)no2)cc1. The van der Waals surface area contributed by atoms with Crippen molar-refractivity contribution >= 4 is 0 Å². The highest BCUT2D eigenvalue weighted by atomic mass is 16.5. The van der Waals surface area contributed by atoms with E-state index in [1.165, 1.54) is 0 Å². The first-order valence-electron chi connectivity index (χ1n) is 6.01. The average molecular weight is 246 g/mol. The molecule has 94 valence electrons. The molecule has 1 aromatic carbocycles. The molecular formula is C13H14N2O3. The molecule has 2 aromatic rings. The first kappa shape index (κ1) is 11.2. The minimum atomic E-state index is 0.224. The molecule has 0 aliphatic carbocycles. The fourth-order valence-electron chi connectivity index (χ4n) is 2.06. The van der Waals surface area contributed by atoms with E-state index in [0.717, 1.165) is 31.6 Å². The van der Waals surface area contributed by atoms with Crippen LogP contribution in [0.1, 0.15) is 12.2 Å². The van der Waals surface area contributed by atoms with Gasteiger partial charge in [0.15, 0.2) is 5.82 Å². The van der Waals surface area contributed by atoms with Crippen molar-refractivity contribution in [3.05, 3.63) is 30.1 Å². The molecule has 0 bridgehead atoms. The summed E-state index contributed by atoms with van der Waals surface area (Å²) in [6, 6.07) is 6.71. The van der Waals surface area contributed by atoms with Gasteiger partial charge in [-0.05, 0) is 36.6 Å². The molecule has 1 aliphatic heterocycles. The molecule has 0 radical (unpaired) electrons. The van der Waals surface area contributed by atoms with Gasteiger partial charge in [0.05, 0.1) is 0 Å². The molecule has 1 saturated heterocycles. The van der Waals surface area contributed by atoms with Gasteiger partial charge in [-0.15, -0.1) is 0 Å². The predicted molar refractivity (Wildman–Crippen MR) is 64.0 cm³/mol. The molecule has 3 rings (SSSR count). The molecular weight excluding hydrogens is 232 g/mol. The topological polar surface area (TPSA) is 68.4 Å². The van der Waals surface area contributed by atoms with Crippen molar-refractivity contribution in [3.63, 3.8) is 0 Å². The van der Waals surface area contributed by atoms with E-state index in [2.05, 4.69) is 10.1 Å². The van der Waals surface area contributed by atoms with Crippen LogP contribution in [0.3, 0.4) is 0 Å².